The summed E-state index contributed by atoms with van der Waals surface area (Å²) in [7, 11) is 0. The van der Waals surface area contributed by atoms with Crippen LogP contribution in [0, 0.1) is 11.7 Å². The molecule has 2 rings (SSSR count). The highest BCUT2D eigenvalue weighted by molar-refractivity contribution is 5.81. The number of hydrogen-bond acceptors (Lipinski definition) is 4. The molecule has 1 atom stereocenters. The maximum Gasteiger partial charge on any atom is 0.237 e. The Bertz CT molecular complexity index is 475. The summed E-state index contributed by atoms with van der Waals surface area (Å²) < 4.78 is 23.5. The zero-order valence-corrected chi connectivity index (χ0v) is 13.3. The Morgan fingerprint density at radius 2 is 2.00 bits per heavy atom. The maximum absolute atomic E-state index is 12.7. The highest BCUT2D eigenvalue weighted by Crippen LogP contribution is 2.17. The largest absolute Gasteiger partial charge is 0.494 e. The molecule has 1 unspecified atom stereocenters. The number of carbonyl (C=O) groups is 1. The van der Waals surface area contributed by atoms with Crippen molar-refractivity contribution < 1.29 is 18.7 Å². The number of unbranched alkanes of at least 4 members (excludes halogenated alkanes) is 1. The summed E-state index contributed by atoms with van der Waals surface area (Å²) in [4.78, 5) is 12.0. The van der Waals surface area contributed by atoms with Crippen molar-refractivity contribution in [2.24, 2.45) is 11.7 Å². The first-order valence-corrected chi connectivity index (χ1v) is 8.16. The normalized spacial score (nSPS) is 16.8. The number of ether oxygens (including phenoxy) is 2. The van der Waals surface area contributed by atoms with E-state index in [0.717, 1.165) is 25.7 Å². The van der Waals surface area contributed by atoms with E-state index in [2.05, 4.69) is 5.32 Å². The van der Waals surface area contributed by atoms with Gasteiger partial charge in [-0.25, -0.2) is 4.39 Å². The number of halogens is 1. The molecule has 1 fully saturated rings. The zero-order chi connectivity index (χ0) is 16.5. The number of amides is 1. The molecule has 1 heterocycles. The Morgan fingerprint density at radius 1 is 1.30 bits per heavy atom. The average molecular weight is 324 g/mol. The van der Waals surface area contributed by atoms with E-state index in [1.165, 1.54) is 12.1 Å². The van der Waals surface area contributed by atoms with E-state index < -0.39 is 6.04 Å². The van der Waals surface area contributed by atoms with Crippen molar-refractivity contribution >= 4 is 5.91 Å². The molecule has 1 aliphatic rings. The summed E-state index contributed by atoms with van der Waals surface area (Å²) in [6, 6.07) is 5.49. The molecule has 0 bridgehead atoms. The molecule has 0 aliphatic carbocycles. The van der Waals surface area contributed by atoms with Gasteiger partial charge in [-0.3, -0.25) is 4.79 Å². The molecule has 0 aromatic heterocycles. The Balaban J connectivity index is 1.54. The fourth-order valence-corrected chi connectivity index (χ4v) is 2.57. The van der Waals surface area contributed by atoms with Gasteiger partial charge in [0.15, 0.2) is 0 Å². The number of benzene rings is 1. The highest BCUT2D eigenvalue weighted by atomic mass is 19.1. The van der Waals surface area contributed by atoms with Gasteiger partial charge in [0.2, 0.25) is 5.91 Å². The third-order valence-corrected chi connectivity index (χ3v) is 4.03. The molecule has 3 N–H and O–H groups in total. The van der Waals surface area contributed by atoms with E-state index >= 15 is 0 Å². The van der Waals surface area contributed by atoms with Crippen LogP contribution in [0.2, 0.25) is 0 Å². The van der Waals surface area contributed by atoms with Crippen LogP contribution >= 0.6 is 0 Å². The number of hydrogen-bond donors (Lipinski definition) is 2. The number of nitrogens with one attached hydrogen (secondary N) is 1. The van der Waals surface area contributed by atoms with Crippen LogP contribution in [0.25, 0.3) is 0 Å². The van der Waals surface area contributed by atoms with Crippen molar-refractivity contribution in [2.45, 2.75) is 31.7 Å². The third-order valence-electron chi connectivity index (χ3n) is 4.03. The predicted octanol–water partition coefficient (Wildman–Crippen LogP) is 1.85. The maximum atomic E-state index is 12.7. The molecule has 6 heteroatoms. The van der Waals surface area contributed by atoms with E-state index in [-0.39, 0.29) is 17.6 Å². The van der Waals surface area contributed by atoms with Gasteiger partial charge in [0.05, 0.1) is 12.6 Å². The van der Waals surface area contributed by atoms with Gasteiger partial charge in [-0.15, -0.1) is 0 Å². The third kappa shape index (κ3) is 6.15. The van der Waals surface area contributed by atoms with E-state index in [0.29, 0.717) is 32.1 Å². The lowest BCUT2D eigenvalue weighted by molar-refractivity contribution is -0.124. The SMILES string of the molecule is NC(C(=O)NCCCCOc1ccc(F)cc1)C1CCOCC1. The second-order valence-corrected chi connectivity index (χ2v) is 5.78. The first kappa shape index (κ1) is 17.7. The van der Waals surface area contributed by atoms with Crippen LogP contribution in [-0.4, -0.2) is 38.3 Å². The van der Waals surface area contributed by atoms with Crippen molar-refractivity contribution in [1.29, 1.82) is 0 Å². The quantitative estimate of drug-likeness (QED) is 0.716. The smallest absolute Gasteiger partial charge is 0.237 e. The van der Waals surface area contributed by atoms with Crippen LogP contribution in [0.5, 0.6) is 5.75 Å². The van der Waals surface area contributed by atoms with Gasteiger partial charge in [0, 0.05) is 19.8 Å². The molecular weight excluding hydrogens is 299 g/mol. The molecule has 1 amide bonds. The van der Waals surface area contributed by atoms with E-state index in [1.807, 2.05) is 0 Å². The zero-order valence-electron chi connectivity index (χ0n) is 13.3. The molecule has 1 aliphatic heterocycles. The van der Waals surface area contributed by atoms with Crippen LogP contribution in [0.15, 0.2) is 24.3 Å². The molecule has 0 saturated carbocycles. The summed E-state index contributed by atoms with van der Waals surface area (Å²) in [6.07, 6.45) is 3.32. The van der Waals surface area contributed by atoms with Crippen molar-refractivity contribution in [3.63, 3.8) is 0 Å². The molecule has 0 spiro atoms. The monoisotopic (exact) mass is 324 g/mol. The Labute approximate surface area is 136 Å². The summed E-state index contributed by atoms with van der Waals surface area (Å²) >= 11 is 0. The van der Waals surface area contributed by atoms with Crippen LogP contribution in [-0.2, 0) is 9.53 Å². The van der Waals surface area contributed by atoms with Gasteiger partial charge in [0.25, 0.3) is 0 Å². The van der Waals surface area contributed by atoms with Crippen molar-refractivity contribution in [3.8, 4) is 5.75 Å². The van der Waals surface area contributed by atoms with Gasteiger partial charge in [-0.1, -0.05) is 0 Å². The van der Waals surface area contributed by atoms with Gasteiger partial charge in [-0.2, -0.15) is 0 Å². The fraction of sp³-hybridized carbons (Fsp3) is 0.588. The lowest BCUT2D eigenvalue weighted by Crippen LogP contribution is -2.47. The van der Waals surface area contributed by atoms with Gasteiger partial charge in [-0.05, 0) is 55.9 Å². The Morgan fingerprint density at radius 3 is 2.70 bits per heavy atom. The van der Waals surface area contributed by atoms with Crippen molar-refractivity contribution in [3.05, 3.63) is 30.1 Å². The Hall–Kier alpha value is -1.66. The molecule has 1 aromatic carbocycles. The predicted molar refractivity (Wildman–Crippen MR) is 85.7 cm³/mol. The standard InChI is InChI=1S/C17H25FN2O3/c18-14-3-5-15(6-4-14)23-10-2-1-9-20-17(21)16(19)13-7-11-22-12-8-13/h3-6,13,16H,1-2,7-12,19H2,(H,20,21). The summed E-state index contributed by atoms with van der Waals surface area (Å²) in [6.45, 7) is 2.49. The van der Waals surface area contributed by atoms with Crippen molar-refractivity contribution in [2.75, 3.05) is 26.4 Å². The van der Waals surface area contributed by atoms with Gasteiger partial charge in [0.1, 0.15) is 11.6 Å². The summed E-state index contributed by atoms with van der Waals surface area (Å²) in [5.74, 6) is 0.500. The minimum atomic E-state index is -0.450. The molecule has 1 aromatic rings. The summed E-state index contributed by atoms with van der Waals surface area (Å²) in [5.41, 5.74) is 6.00. The van der Waals surface area contributed by atoms with Crippen LogP contribution in [0.1, 0.15) is 25.7 Å². The first-order valence-electron chi connectivity index (χ1n) is 8.16. The number of nitrogens with two attached hydrogens (primary N) is 1. The summed E-state index contributed by atoms with van der Waals surface area (Å²) in [5, 5.41) is 2.88. The average Bonchev–Trinajstić information content (AvgIpc) is 2.59. The Kier molecular flexibility index (Phi) is 7.29. The van der Waals surface area contributed by atoms with Gasteiger partial charge < -0.3 is 20.5 Å². The first-order chi connectivity index (χ1) is 11.2. The second kappa shape index (κ2) is 9.47. The van der Waals surface area contributed by atoms with E-state index in [9.17, 15) is 9.18 Å². The minimum absolute atomic E-state index is 0.0867. The second-order valence-electron chi connectivity index (χ2n) is 5.78. The minimum Gasteiger partial charge on any atom is -0.494 e. The molecule has 128 valence electrons. The topological polar surface area (TPSA) is 73.6 Å². The van der Waals surface area contributed by atoms with E-state index in [1.54, 1.807) is 12.1 Å². The molecular formula is C17H25FN2O3. The molecule has 0 radical (unpaired) electrons. The molecule has 5 nitrogen and oxygen atoms in total. The molecule has 23 heavy (non-hydrogen) atoms. The fourth-order valence-electron chi connectivity index (χ4n) is 2.57. The lowest BCUT2D eigenvalue weighted by atomic mass is 9.92. The van der Waals surface area contributed by atoms with Gasteiger partial charge >= 0.3 is 0 Å². The number of carbonyl (C=O) groups excluding carboxylic acids is 1. The van der Waals surface area contributed by atoms with Crippen LogP contribution in [0.4, 0.5) is 4.39 Å². The number of rotatable bonds is 8. The van der Waals surface area contributed by atoms with E-state index in [4.69, 9.17) is 15.2 Å². The van der Waals surface area contributed by atoms with Crippen molar-refractivity contribution in [1.82, 2.24) is 5.32 Å². The highest BCUT2D eigenvalue weighted by Gasteiger charge is 2.26. The van der Waals surface area contributed by atoms with Crippen LogP contribution < -0.4 is 15.8 Å². The van der Waals surface area contributed by atoms with Crippen LogP contribution in [0.3, 0.4) is 0 Å². The molecule has 1 saturated heterocycles. The lowest BCUT2D eigenvalue weighted by Gasteiger charge is -2.26.